The van der Waals surface area contributed by atoms with Crippen LogP contribution in [-0.4, -0.2) is 30.7 Å². The third kappa shape index (κ3) is 7.66. The maximum absolute atomic E-state index is 11.0. The summed E-state index contributed by atoms with van der Waals surface area (Å²) in [7, 11) is -3.99. The highest BCUT2D eigenvalue weighted by Crippen LogP contribution is 2.42. The smallest absolute Gasteiger partial charge is 0.461 e. The highest BCUT2D eigenvalue weighted by Gasteiger charge is 2.19. The Hall–Kier alpha value is -1.19. The molecule has 8 heteroatoms. The van der Waals surface area contributed by atoms with Gasteiger partial charge in [0, 0.05) is 6.42 Å². The molecule has 0 rings (SSSR count). The fraction of sp³-hybridized carbons (Fsp3) is 0.556. The van der Waals surface area contributed by atoms with Gasteiger partial charge in [0.2, 0.25) is 0 Å². The lowest BCUT2D eigenvalue weighted by Crippen LogP contribution is -2.09. The molecule has 0 aliphatic rings. The molecule has 0 aliphatic carbocycles. The van der Waals surface area contributed by atoms with Crippen LogP contribution in [0.15, 0.2) is 12.2 Å². The zero-order valence-corrected chi connectivity index (χ0v) is 10.3. The molecular formula is C9H14NO6P. The van der Waals surface area contributed by atoms with Gasteiger partial charge in [-0.05, 0) is 6.92 Å². The summed E-state index contributed by atoms with van der Waals surface area (Å²) in [4.78, 5) is 19.9. The van der Waals surface area contributed by atoms with Gasteiger partial charge in [0.1, 0.15) is 11.6 Å². The van der Waals surface area contributed by atoms with Crippen molar-refractivity contribution in [2.45, 2.75) is 13.3 Å². The Balaban J connectivity index is 3.67. The average molecular weight is 263 g/mol. The number of hydrogen-bond donors (Lipinski definition) is 1. The Labute approximate surface area is 99.2 Å². The number of esters is 1. The van der Waals surface area contributed by atoms with Gasteiger partial charge in [0.25, 0.3) is 0 Å². The zero-order chi connectivity index (χ0) is 13.3. The molecule has 0 fully saturated rings. The largest absolute Gasteiger partial charge is 0.472 e. The molecule has 96 valence electrons. The van der Waals surface area contributed by atoms with Crippen LogP contribution in [0, 0.1) is 11.3 Å². The van der Waals surface area contributed by atoms with Crippen LogP contribution in [0.1, 0.15) is 13.3 Å². The van der Waals surface area contributed by atoms with E-state index in [1.807, 2.05) is 0 Å². The van der Waals surface area contributed by atoms with Crippen LogP contribution in [0.5, 0.6) is 0 Å². The molecule has 17 heavy (non-hydrogen) atoms. The normalized spacial score (nSPS) is 13.5. The van der Waals surface area contributed by atoms with Crippen molar-refractivity contribution in [1.29, 1.82) is 5.26 Å². The van der Waals surface area contributed by atoms with Gasteiger partial charge in [0.05, 0.1) is 19.8 Å². The average Bonchev–Trinajstić information content (AvgIpc) is 2.26. The lowest BCUT2D eigenvalue weighted by molar-refractivity contribution is -0.138. The number of nitriles is 1. The monoisotopic (exact) mass is 263 g/mol. The Morgan fingerprint density at radius 3 is 2.65 bits per heavy atom. The van der Waals surface area contributed by atoms with E-state index in [1.54, 1.807) is 13.0 Å². The number of phosphoric ester groups is 1. The third-order valence-corrected chi connectivity index (χ3v) is 2.54. The predicted molar refractivity (Wildman–Crippen MR) is 57.7 cm³/mol. The van der Waals surface area contributed by atoms with Crippen LogP contribution < -0.4 is 0 Å². The molecule has 7 nitrogen and oxygen atoms in total. The molecule has 0 amide bonds. The molecule has 0 bridgehead atoms. The molecule has 0 saturated carbocycles. The third-order valence-electron chi connectivity index (χ3n) is 1.45. The van der Waals surface area contributed by atoms with Gasteiger partial charge in [-0.2, -0.15) is 5.26 Å². The van der Waals surface area contributed by atoms with Crippen LogP contribution in [0.2, 0.25) is 0 Å². The number of ether oxygens (including phenoxy) is 1. The van der Waals surface area contributed by atoms with Crippen LogP contribution in [0.25, 0.3) is 0 Å². The second kappa shape index (κ2) is 7.98. The number of hydrogen-bond acceptors (Lipinski definition) is 6. The first-order chi connectivity index (χ1) is 7.93. The van der Waals surface area contributed by atoms with E-state index in [-0.39, 0.29) is 31.8 Å². The van der Waals surface area contributed by atoms with E-state index < -0.39 is 13.8 Å². The Bertz CT molecular complexity index is 361. The molecule has 0 aromatic carbocycles. The second-order valence-electron chi connectivity index (χ2n) is 2.80. The molecule has 0 heterocycles. The maximum atomic E-state index is 11.0. The van der Waals surface area contributed by atoms with Gasteiger partial charge >= 0.3 is 13.8 Å². The van der Waals surface area contributed by atoms with Crippen molar-refractivity contribution in [2.75, 3.05) is 19.8 Å². The van der Waals surface area contributed by atoms with Crippen molar-refractivity contribution in [3.8, 4) is 6.07 Å². The first kappa shape index (κ1) is 15.8. The van der Waals surface area contributed by atoms with Gasteiger partial charge in [0.15, 0.2) is 0 Å². The SMILES string of the molecule is C=C(C#N)C(=O)OCCCOP(=O)(O)OCC. The Morgan fingerprint density at radius 1 is 1.47 bits per heavy atom. The van der Waals surface area contributed by atoms with E-state index in [4.69, 9.17) is 10.2 Å². The molecule has 0 aromatic heterocycles. The number of carbonyl (C=O) groups excluding carboxylic acids is 1. The molecule has 1 unspecified atom stereocenters. The van der Waals surface area contributed by atoms with E-state index in [0.717, 1.165) is 0 Å². The minimum atomic E-state index is -3.99. The summed E-state index contributed by atoms with van der Waals surface area (Å²) >= 11 is 0. The maximum Gasteiger partial charge on any atom is 0.472 e. The molecule has 1 atom stereocenters. The topological polar surface area (TPSA) is 106 Å². The van der Waals surface area contributed by atoms with Crippen LogP contribution >= 0.6 is 7.82 Å². The molecule has 0 saturated heterocycles. The Kier molecular flexibility index (Phi) is 7.42. The number of phosphoric acid groups is 1. The lowest BCUT2D eigenvalue weighted by Gasteiger charge is -2.10. The van der Waals surface area contributed by atoms with Gasteiger partial charge in [-0.15, -0.1) is 0 Å². The van der Waals surface area contributed by atoms with Gasteiger partial charge in [-0.3, -0.25) is 9.05 Å². The van der Waals surface area contributed by atoms with Crippen molar-refractivity contribution in [3.05, 3.63) is 12.2 Å². The highest BCUT2D eigenvalue weighted by atomic mass is 31.2. The molecule has 1 N–H and O–H groups in total. The summed E-state index contributed by atoms with van der Waals surface area (Å²) in [5, 5.41) is 8.31. The van der Waals surface area contributed by atoms with E-state index in [1.165, 1.54) is 0 Å². The van der Waals surface area contributed by atoms with Crippen molar-refractivity contribution >= 4 is 13.8 Å². The summed E-state index contributed by atoms with van der Waals surface area (Å²) in [6, 6.07) is 1.54. The summed E-state index contributed by atoms with van der Waals surface area (Å²) < 4.78 is 24.6. The summed E-state index contributed by atoms with van der Waals surface area (Å²) in [6.07, 6.45) is 0.210. The molecule has 0 spiro atoms. The van der Waals surface area contributed by atoms with Crippen molar-refractivity contribution < 1.29 is 28.0 Å². The number of nitrogens with zero attached hydrogens (tertiary/aromatic N) is 1. The fourth-order valence-electron chi connectivity index (χ4n) is 0.737. The van der Waals surface area contributed by atoms with E-state index in [9.17, 15) is 9.36 Å². The fourth-order valence-corrected chi connectivity index (χ4v) is 1.50. The van der Waals surface area contributed by atoms with Crippen LogP contribution in [0.4, 0.5) is 0 Å². The van der Waals surface area contributed by atoms with Crippen molar-refractivity contribution in [3.63, 3.8) is 0 Å². The quantitative estimate of drug-likeness (QED) is 0.230. The van der Waals surface area contributed by atoms with E-state index >= 15 is 0 Å². The first-order valence-corrected chi connectivity index (χ1v) is 6.30. The standard InChI is InChI=1S/C9H14NO6P/c1-3-15-17(12,13)16-6-4-5-14-9(11)8(2)7-10/h2-6H2,1H3,(H,12,13). The summed E-state index contributed by atoms with van der Waals surface area (Å²) in [5.74, 6) is -0.815. The lowest BCUT2D eigenvalue weighted by atomic mass is 10.3. The Morgan fingerprint density at radius 2 is 2.12 bits per heavy atom. The minimum Gasteiger partial charge on any atom is -0.461 e. The molecule has 0 aromatic rings. The van der Waals surface area contributed by atoms with Gasteiger partial charge in [-0.25, -0.2) is 9.36 Å². The van der Waals surface area contributed by atoms with Gasteiger partial charge < -0.3 is 9.63 Å². The summed E-state index contributed by atoms with van der Waals surface area (Å²) in [5.41, 5.74) is -0.298. The van der Waals surface area contributed by atoms with Crippen molar-refractivity contribution in [2.24, 2.45) is 0 Å². The van der Waals surface area contributed by atoms with Crippen LogP contribution in [-0.2, 0) is 23.1 Å². The predicted octanol–water partition coefficient (Wildman–Crippen LogP) is 1.15. The van der Waals surface area contributed by atoms with E-state index in [0.29, 0.717) is 0 Å². The van der Waals surface area contributed by atoms with Crippen molar-refractivity contribution in [1.82, 2.24) is 0 Å². The molecular weight excluding hydrogens is 249 g/mol. The van der Waals surface area contributed by atoms with E-state index in [2.05, 4.69) is 20.4 Å². The first-order valence-electron chi connectivity index (χ1n) is 4.81. The second-order valence-corrected chi connectivity index (χ2v) is 4.25. The van der Waals surface area contributed by atoms with Crippen LogP contribution in [0.3, 0.4) is 0 Å². The number of carbonyl (C=O) groups is 1. The minimum absolute atomic E-state index is 0.0361. The highest BCUT2D eigenvalue weighted by molar-refractivity contribution is 7.47. The molecule has 0 radical (unpaired) electrons. The van der Waals surface area contributed by atoms with Gasteiger partial charge in [-0.1, -0.05) is 6.58 Å². The molecule has 0 aliphatic heterocycles. The zero-order valence-electron chi connectivity index (χ0n) is 9.42. The number of rotatable bonds is 8. The summed E-state index contributed by atoms with van der Waals surface area (Å²) in [6.45, 7) is 4.65.